The van der Waals surface area contributed by atoms with Gasteiger partial charge in [-0.05, 0) is 43.2 Å². The molecule has 0 bridgehead atoms. The Balaban J connectivity index is 2.21. The smallest absolute Gasteiger partial charge is 0.139 e. The molecule has 19 heavy (non-hydrogen) atoms. The van der Waals surface area contributed by atoms with Gasteiger partial charge in [-0.15, -0.1) is 0 Å². The molecule has 0 saturated carbocycles. The Morgan fingerprint density at radius 1 is 1.16 bits per heavy atom. The Morgan fingerprint density at radius 3 is 2.63 bits per heavy atom. The van der Waals surface area contributed by atoms with Crippen LogP contribution in [0.2, 0.25) is 10.0 Å². The van der Waals surface area contributed by atoms with Crippen molar-refractivity contribution in [1.82, 2.24) is 0 Å². The largest absolute Gasteiger partial charge is 0.506 e. The van der Waals surface area contributed by atoms with Crippen molar-refractivity contribution in [2.75, 3.05) is 5.32 Å². The molecule has 2 rings (SSSR count). The number of phenolic OH excluding ortho intramolecular Hbond substituents is 1. The maximum absolute atomic E-state index is 9.89. The number of benzene rings is 2. The van der Waals surface area contributed by atoms with Gasteiger partial charge in [0.25, 0.3) is 0 Å². The molecule has 0 unspecified atom stereocenters. The molecule has 0 atom stereocenters. The molecule has 2 aromatic rings. The molecular formula is C15H15Cl2NO. The summed E-state index contributed by atoms with van der Waals surface area (Å²) >= 11 is 11.8. The average molecular weight is 296 g/mol. The minimum absolute atomic E-state index is 0.0730. The summed E-state index contributed by atoms with van der Waals surface area (Å²) in [6, 6.07) is 9.30. The van der Waals surface area contributed by atoms with Gasteiger partial charge in [0.05, 0.1) is 5.02 Å². The lowest BCUT2D eigenvalue weighted by atomic mass is 10.1. The average Bonchev–Trinajstić information content (AvgIpc) is 2.36. The quantitative estimate of drug-likeness (QED) is 0.842. The molecule has 0 spiro atoms. The minimum atomic E-state index is 0.0730. The summed E-state index contributed by atoms with van der Waals surface area (Å²) in [6.07, 6.45) is 0. The first-order valence-corrected chi connectivity index (χ1v) is 6.71. The van der Waals surface area contributed by atoms with Crippen LogP contribution in [0.25, 0.3) is 0 Å². The van der Waals surface area contributed by atoms with E-state index in [1.54, 1.807) is 6.07 Å². The van der Waals surface area contributed by atoms with Crippen LogP contribution in [0.1, 0.15) is 16.7 Å². The van der Waals surface area contributed by atoms with Gasteiger partial charge in [-0.3, -0.25) is 0 Å². The zero-order valence-corrected chi connectivity index (χ0v) is 12.3. The Hall–Kier alpha value is -1.38. The van der Waals surface area contributed by atoms with E-state index in [-0.39, 0.29) is 10.8 Å². The van der Waals surface area contributed by atoms with Gasteiger partial charge in [0, 0.05) is 22.8 Å². The highest BCUT2D eigenvalue weighted by Gasteiger charge is 2.08. The number of hydrogen-bond donors (Lipinski definition) is 2. The molecule has 0 aliphatic heterocycles. The molecular weight excluding hydrogens is 281 g/mol. The number of anilines is 1. The molecule has 0 fully saturated rings. The Bertz CT molecular complexity index is 611. The number of nitrogens with one attached hydrogen (secondary N) is 1. The zero-order valence-electron chi connectivity index (χ0n) is 10.8. The lowest BCUT2D eigenvalue weighted by molar-refractivity contribution is 0.469. The van der Waals surface area contributed by atoms with Gasteiger partial charge in [-0.25, -0.2) is 0 Å². The summed E-state index contributed by atoms with van der Waals surface area (Å²) in [7, 11) is 0. The van der Waals surface area contributed by atoms with E-state index in [9.17, 15) is 5.11 Å². The third kappa shape index (κ3) is 3.14. The molecule has 0 amide bonds. The summed E-state index contributed by atoms with van der Waals surface area (Å²) in [5.74, 6) is 0.0730. The van der Waals surface area contributed by atoms with E-state index >= 15 is 0 Å². The lowest BCUT2D eigenvalue weighted by Gasteiger charge is -2.13. The molecule has 2 nitrogen and oxygen atoms in total. The summed E-state index contributed by atoms with van der Waals surface area (Å²) in [6.45, 7) is 4.59. The fourth-order valence-corrected chi connectivity index (χ4v) is 2.42. The number of aromatic hydroxyl groups is 1. The SMILES string of the molecule is Cc1cccc(NCc2cc(Cl)cc(Cl)c2O)c1C. The molecule has 0 heterocycles. The summed E-state index contributed by atoms with van der Waals surface area (Å²) < 4.78 is 0. The van der Waals surface area contributed by atoms with E-state index in [4.69, 9.17) is 23.2 Å². The van der Waals surface area contributed by atoms with Crippen LogP contribution in [-0.2, 0) is 6.54 Å². The first-order valence-electron chi connectivity index (χ1n) is 5.96. The molecule has 0 radical (unpaired) electrons. The summed E-state index contributed by atoms with van der Waals surface area (Å²) in [4.78, 5) is 0. The third-order valence-corrected chi connectivity index (χ3v) is 3.69. The normalized spacial score (nSPS) is 10.5. The Kier molecular flexibility index (Phi) is 4.23. The first kappa shape index (κ1) is 14.0. The van der Waals surface area contributed by atoms with E-state index in [1.807, 2.05) is 12.1 Å². The van der Waals surface area contributed by atoms with E-state index in [1.165, 1.54) is 17.2 Å². The first-order chi connectivity index (χ1) is 8.99. The van der Waals surface area contributed by atoms with E-state index < -0.39 is 0 Å². The van der Waals surface area contributed by atoms with Crippen LogP contribution >= 0.6 is 23.2 Å². The van der Waals surface area contributed by atoms with Crippen molar-refractivity contribution < 1.29 is 5.11 Å². The number of phenols is 1. The number of hydrogen-bond acceptors (Lipinski definition) is 2. The van der Waals surface area contributed by atoms with Crippen LogP contribution < -0.4 is 5.32 Å². The topological polar surface area (TPSA) is 32.3 Å². The highest BCUT2D eigenvalue weighted by molar-refractivity contribution is 6.35. The second-order valence-electron chi connectivity index (χ2n) is 4.50. The van der Waals surface area contributed by atoms with Crippen molar-refractivity contribution in [2.45, 2.75) is 20.4 Å². The van der Waals surface area contributed by atoms with E-state index in [0.29, 0.717) is 17.1 Å². The van der Waals surface area contributed by atoms with Gasteiger partial charge in [0.15, 0.2) is 0 Å². The van der Waals surface area contributed by atoms with Gasteiger partial charge in [0.2, 0.25) is 0 Å². The summed E-state index contributed by atoms with van der Waals surface area (Å²) in [5, 5.41) is 14.0. The number of rotatable bonds is 3. The van der Waals surface area contributed by atoms with Crippen LogP contribution in [0.4, 0.5) is 5.69 Å². The van der Waals surface area contributed by atoms with E-state index in [0.717, 1.165) is 5.69 Å². The highest BCUT2D eigenvalue weighted by Crippen LogP contribution is 2.31. The molecule has 100 valence electrons. The maximum Gasteiger partial charge on any atom is 0.139 e. The van der Waals surface area contributed by atoms with Gasteiger partial charge in [-0.1, -0.05) is 35.3 Å². The van der Waals surface area contributed by atoms with Crippen molar-refractivity contribution in [3.8, 4) is 5.75 Å². The maximum atomic E-state index is 9.89. The van der Waals surface area contributed by atoms with E-state index in [2.05, 4.69) is 25.2 Å². The highest BCUT2D eigenvalue weighted by atomic mass is 35.5. The molecule has 0 aromatic heterocycles. The third-order valence-electron chi connectivity index (χ3n) is 3.18. The van der Waals surface area contributed by atoms with Crippen LogP contribution in [0, 0.1) is 13.8 Å². The van der Waals surface area contributed by atoms with Crippen LogP contribution in [0.15, 0.2) is 30.3 Å². The van der Waals surface area contributed by atoms with Crippen molar-refractivity contribution >= 4 is 28.9 Å². The summed E-state index contributed by atoms with van der Waals surface area (Å²) in [5.41, 5.74) is 4.13. The van der Waals surface area contributed by atoms with Crippen LogP contribution in [0.3, 0.4) is 0 Å². The second-order valence-corrected chi connectivity index (χ2v) is 5.34. The fraction of sp³-hybridized carbons (Fsp3) is 0.200. The fourth-order valence-electron chi connectivity index (χ4n) is 1.89. The molecule has 4 heteroatoms. The zero-order chi connectivity index (χ0) is 14.0. The number of aryl methyl sites for hydroxylation is 1. The van der Waals surface area contributed by atoms with Gasteiger partial charge < -0.3 is 10.4 Å². The lowest BCUT2D eigenvalue weighted by Crippen LogP contribution is -2.02. The second kappa shape index (κ2) is 5.72. The molecule has 0 saturated heterocycles. The molecule has 2 aromatic carbocycles. The van der Waals surface area contributed by atoms with Crippen LogP contribution in [-0.4, -0.2) is 5.11 Å². The van der Waals surface area contributed by atoms with Crippen molar-refractivity contribution in [1.29, 1.82) is 0 Å². The van der Waals surface area contributed by atoms with Crippen molar-refractivity contribution in [3.05, 3.63) is 57.1 Å². The predicted octanol–water partition coefficient (Wildman–Crippen LogP) is 4.93. The standard InChI is InChI=1S/C15H15Cl2NO/c1-9-4-3-5-14(10(9)2)18-8-11-6-12(16)7-13(17)15(11)19/h3-7,18-19H,8H2,1-2H3. The monoisotopic (exact) mass is 295 g/mol. The number of halogens is 2. The van der Waals surface area contributed by atoms with Crippen molar-refractivity contribution in [3.63, 3.8) is 0 Å². The Morgan fingerprint density at radius 2 is 1.89 bits per heavy atom. The Labute approximate surface area is 123 Å². The minimum Gasteiger partial charge on any atom is -0.506 e. The van der Waals surface area contributed by atoms with Crippen LogP contribution in [0.5, 0.6) is 5.75 Å². The molecule has 0 aliphatic rings. The van der Waals surface area contributed by atoms with Gasteiger partial charge in [0.1, 0.15) is 5.75 Å². The van der Waals surface area contributed by atoms with Gasteiger partial charge >= 0.3 is 0 Å². The van der Waals surface area contributed by atoms with Crippen molar-refractivity contribution in [2.24, 2.45) is 0 Å². The molecule has 0 aliphatic carbocycles. The van der Waals surface area contributed by atoms with Gasteiger partial charge in [-0.2, -0.15) is 0 Å². The molecule has 2 N–H and O–H groups in total. The predicted molar refractivity (Wildman–Crippen MR) is 81.4 cm³/mol.